The zero-order valence-electron chi connectivity index (χ0n) is 19.6. The van der Waals surface area contributed by atoms with E-state index >= 15 is 0 Å². The van der Waals surface area contributed by atoms with Gasteiger partial charge < -0.3 is 14.8 Å². The molecular weight excluding hydrogens is 428 g/mol. The molecule has 1 heterocycles. The third kappa shape index (κ3) is 5.06. The largest absolute Gasteiger partial charge is 0.490 e. The van der Waals surface area contributed by atoms with Gasteiger partial charge in [0.1, 0.15) is 6.04 Å². The zero-order valence-corrected chi connectivity index (χ0v) is 19.6. The average molecular weight is 459 g/mol. The number of amides is 2. The lowest BCUT2D eigenvalue weighted by atomic mass is 10.1. The topological polar surface area (TPSA) is 67.9 Å². The number of carbonyl (C=O) groups is 2. The van der Waals surface area contributed by atoms with Gasteiger partial charge in [0.15, 0.2) is 11.5 Å². The molecule has 0 unspecified atom stereocenters. The molecule has 1 aliphatic rings. The third-order valence-electron chi connectivity index (χ3n) is 5.84. The fourth-order valence-corrected chi connectivity index (χ4v) is 4.27. The van der Waals surface area contributed by atoms with Crippen LogP contribution in [0, 0.1) is 0 Å². The van der Waals surface area contributed by atoms with Crippen LogP contribution in [0.1, 0.15) is 35.3 Å². The van der Waals surface area contributed by atoms with Crippen LogP contribution in [-0.4, -0.2) is 37.6 Å². The molecule has 176 valence electrons. The maximum absolute atomic E-state index is 13.3. The molecule has 0 aliphatic carbocycles. The van der Waals surface area contributed by atoms with Crippen molar-refractivity contribution >= 4 is 17.5 Å². The second kappa shape index (κ2) is 10.9. The number of nitrogens with zero attached hydrogens (tertiary/aromatic N) is 1. The number of hydrogen-bond donors (Lipinski definition) is 1. The highest BCUT2D eigenvalue weighted by Crippen LogP contribution is 2.33. The van der Waals surface area contributed by atoms with Crippen molar-refractivity contribution in [1.29, 1.82) is 0 Å². The minimum absolute atomic E-state index is 0.156. The summed E-state index contributed by atoms with van der Waals surface area (Å²) in [6.07, 6.45) is 1.14. The summed E-state index contributed by atoms with van der Waals surface area (Å²) in [6, 6.07) is 22.1. The fourth-order valence-electron chi connectivity index (χ4n) is 4.27. The Labute approximate surface area is 200 Å². The molecule has 0 fully saturated rings. The molecule has 1 aliphatic heterocycles. The molecule has 0 spiro atoms. The second-order valence-corrected chi connectivity index (χ2v) is 8.08. The summed E-state index contributed by atoms with van der Waals surface area (Å²) < 4.78 is 11.3. The highest BCUT2D eigenvalue weighted by Gasteiger charge is 2.38. The molecule has 1 atom stereocenters. The predicted octanol–water partition coefficient (Wildman–Crippen LogP) is 4.41. The summed E-state index contributed by atoms with van der Waals surface area (Å²) in [6.45, 7) is 5.45. The van der Waals surface area contributed by atoms with Crippen molar-refractivity contribution in [1.82, 2.24) is 5.32 Å². The first-order valence-corrected chi connectivity index (χ1v) is 11.7. The minimum atomic E-state index is -0.579. The summed E-state index contributed by atoms with van der Waals surface area (Å²) in [5.41, 5.74) is 3.40. The lowest BCUT2D eigenvalue weighted by Gasteiger charge is -2.25. The van der Waals surface area contributed by atoms with E-state index in [4.69, 9.17) is 9.47 Å². The molecule has 3 aromatic rings. The molecule has 2 amide bonds. The smallest absolute Gasteiger partial charge is 0.259 e. The van der Waals surface area contributed by atoms with Crippen LogP contribution in [0.25, 0.3) is 0 Å². The maximum atomic E-state index is 13.3. The van der Waals surface area contributed by atoms with Gasteiger partial charge in [0.05, 0.1) is 13.2 Å². The van der Waals surface area contributed by atoms with Gasteiger partial charge in [0.2, 0.25) is 5.91 Å². The first-order valence-electron chi connectivity index (χ1n) is 11.7. The van der Waals surface area contributed by atoms with Gasteiger partial charge in [-0.05, 0) is 61.7 Å². The minimum Gasteiger partial charge on any atom is -0.490 e. The third-order valence-corrected chi connectivity index (χ3v) is 5.84. The molecule has 6 heteroatoms. The van der Waals surface area contributed by atoms with Gasteiger partial charge in [-0.3, -0.25) is 14.5 Å². The summed E-state index contributed by atoms with van der Waals surface area (Å²) in [5, 5.41) is 3.03. The molecular formula is C28H30N2O4. The van der Waals surface area contributed by atoms with Crippen molar-refractivity contribution in [2.75, 3.05) is 24.7 Å². The van der Waals surface area contributed by atoms with Crippen LogP contribution in [0.2, 0.25) is 0 Å². The van der Waals surface area contributed by atoms with Crippen LogP contribution in [0.5, 0.6) is 11.5 Å². The van der Waals surface area contributed by atoms with E-state index in [2.05, 4.69) is 5.32 Å². The predicted molar refractivity (Wildman–Crippen MR) is 133 cm³/mol. The quantitative estimate of drug-likeness (QED) is 0.516. The first-order chi connectivity index (χ1) is 16.6. The molecule has 3 aromatic carbocycles. The molecule has 0 saturated heterocycles. The van der Waals surface area contributed by atoms with E-state index in [9.17, 15) is 9.59 Å². The van der Waals surface area contributed by atoms with Crippen LogP contribution in [-0.2, 0) is 17.6 Å². The summed E-state index contributed by atoms with van der Waals surface area (Å²) in [4.78, 5) is 28.2. The van der Waals surface area contributed by atoms with Crippen LogP contribution in [0.3, 0.4) is 0 Å². The van der Waals surface area contributed by atoms with Crippen molar-refractivity contribution in [3.63, 3.8) is 0 Å². The number of benzene rings is 3. The second-order valence-electron chi connectivity index (χ2n) is 8.08. The van der Waals surface area contributed by atoms with E-state index in [1.807, 2.05) is 74.5 Å². The highest BCUT2D eigenvalue weighted by molar-refractivity contribution is 6.11. The van der Waals surface area contributed by atoms with E-state index in [0.717, 1.165) is 22.6 Å². The zero-order chi connectivity index (χ0) is 23.9. The Hall–Kier alpha value is -3.80. The SMILES string of the molecule is CCOc1ccc(CCNC(=O)[C@@H]2Cc3ccccc3N2C(=O)c2ccccc2)cc1OCC. The normalized spacial score (nSPS) is 14.4. The Kier molecular flexibility index (Phi) is 7.48. The van der Waals surface area contributed by atoms with E-state index in [0.29, 0.717) is 43.9 Å². The Morgan fingerprint density at radius 1 is 0.912 bits per heavy atom. The fraction of sp³-hybridized carbons (Fsp3) is 0.286. The van der Waals surface area contributed by atoms with E-state index in [-0.39, 0.29) is 11.8 Å². The highest BCUT2D eigenvalue weighted by atomic mass is 16.5. The maximum Gasteiger partial charge on any atom is 0.259 e. The molecule has 0 bridgehead atoms. The Bertz CT molecular complexity index is 1150. The number of ether oxygens (including phenoxy) is 2. The van der Waals surface area contributed by atoms with Gasteiger partial charge in [0.25, 0.3) is 5.91 Å². The molecule has 0 aromatic heterocycles. The molecule has 0 radical (unpaired) electrons. The molecule has 6 nitrogen and oxygen atoms in total. The van der Waals surface area contributed by atoms with Crippen LogP contribution < -0.4 is 19.7 Å². The van der Waals surface area contributed by atoms with Gasteiger partial charge in [-0.1, -0.05) is 42.5 Å². The van der Waals surface area contributed by atoms with Crippen molar-refractivity contribution in [3.05, 3.63) is 89.5 Å². The standard InChI is InChI=1S/C28H30N2O4/c1-3-33-25-15-14-20(18-26(25)34-4-2)16-17-29-27(31)24-19-22-12-8-9-13-23(22)30(24)28(32)21-10-6-5-7-11-21/h5-15,18,24H,3-4,16-17,19H2,1-2H3,(H,29,31)/t24-/m0/s1. The van der Waals surface area contributed by atoms with Crippen molar-refractivity contribution in [3.8, 4) is 11.5 Å². The number of carbonyl (C=O) groups excluding carboxylic acids is 2. The van der Waals surface area contributed by atoms with Crippen LogP contribution in [0.15, 0.2) is 72.8 Å². The average Bonchev–Trinajstić information content (AvgIpc) is 3.25. The van der Waals surface area contributed by atoms with Crippen LogP contribution in [0.4, 0.5) is 5.69 Å². The number of hydrogen-bond acceptors (Lipinski definition) is 4. The van der Waals surface area contributed by atoms with Crippen molar-refractivity contribution in [2.45, 2.75) is 32.7 Å². The number of anilines is 1. The Morgan fingerprint density at radius 3 is 2.38 bits per heavy atom. The summed E-state index contributed by atoms with van der Waals surface area (Å²) >= 11 is 0. The van der Waals surface area contributed by atoms with Gasteiger partial charge in [-0.25, -0.2) is 0 Å². The molecule has 1 N–H and O–H groups in total. The van der Waals surface area contributed by atoms with Crippen molar-refractivity contribution < 1.29 is 19.1 Å². The Morgan fingerprint density at radius 2 is 1.62 bits per heavy atom. The molecule has 4 rings (SSSR count). The summed E-state index contributed by atoms with van der Waals surface area (Å²) in [5.74, 6) is 1.10. The summed E-state index contributed by atoms with van der Waals surface area (Å²) in [7, 11) is 0. The van der Waals surface area contributed by atoms with Gasteiger partial charge in [-0.15, -0.1) is 0 Å². The number of nitrogens with one attached hydrogen (secondary N) is 1. The van der Waals surface area contributed by atoms with Crippen LogP contribution >= 0.6 is 0 Å². The lowest BCUT2D eigenvalue weighted by molar-refractivity contribution is -0.122. The monoisotopic (exact) mass is 458 g/mol. The number of rotatable bonds is 9. The molecule has 34 heavy (non-hydrogen) atoms. The van der Waals surface area contributed by atoms with E-state index in [1.54, 1.807) is 17.0 Å². The van der Waals surface area contributed by atoms with E-state index in [1.165, 1.54) is 0 Å². The number of fused-ring (bicyclic) bond motifs is 1. The first kappa shape index (κ1) is 23.4. The van der Waals surface area contributed by atoms with Crippen molar-refractivity contribution in [2.24, 2.45) is 0 Å². The van der Waals surface area contributed by atoms with Gasteiger partial charge in [-0.2, -0.15) is 0 Å². The lowest BCUT2D eigenvalue weighted by Crippen LogP contribution is -2.48. The Balaban J connectivity index is 1.45. The van der Waals surface area contributed by atoms with Gasteiger partial charge in [0, 0.05) is 24.2 Å². The van der Waals surface area contributed by atoms with E-state index < -0.39 is 6.04 Å². The van der Waals surface area contributed by atoms with Gasteiger partial charge >= 0.3 is 0 Å². The molecule has 0 saturated carbocycles. The number of para-hydroxylation sites is 1.